The summed E-state index contributed by atoms with van der Waals surface area (Å²) in [5.74, 6) is -0.639. The van der Waals surface area contributed by atoms with Crippen LogP contribution < -0.4 is 10.1 Å². The number of benzene rings is 1. The summed E-state index contributed by atoms with van der Waals surface area (Å²) >= 11 is 0. The summed E-state index contributed by atoms with van der Waals surface area (Å²) < 4.78 is 5.40. The molecule has 0 spiro atoms. The molecule has 1 rings (SSSR count). The molecular weight excluding hydrogens is 246 g/mol. The molecule has 0 bridgehead atoms. The maximum absolute atomic E-state index is 11.5. The Morgan fingerprint density at radius 1 is 1.32 bits per heavy atom. The zero-order valence-electron chi connectivity index (χ0n) is 11.2. The number of hydrogen-bond acceptors (Lipinski definition) is 3. The van der Waals surface area contributed by atoms with Crippen molar-refractivity contribution in [1.82, 2.24) is 5.32 Å². The molecule has 104 valence electrons. The number of hydrogen-bond donors (Lipinski definition) is 2. The number of nitrogens with one attached hydrogen (secondary N) is 1. The van der Waals surface area contributed by atoms with Crippen LogP contribution in [0.25, 0.3) is 0 Å². The van der Waals surface area contributed by atoms with Crippen molar-refractivity contribution in [3.63, 3.8) is 0 Å². The van der Waals surface area contributed by atoms with Crippen LogP contribution >= 0.6 is 0 Å². The number of carbonyl (C=O) groups is 2. The smallest absolute Gasteiger partial charge is 0.326 e. The lowest BCUT2D eigenvalue weighted by molar-refractivity contribution is -0.142. The van der Waals surface area contributed by atoms with Gasteiger partial charge in [0.05, 0.1) is 13.0 Å². The molecule has 1 aromatic carbocycles. The normalized spacial score (nSPS) is 11.7. The van der Waals surface area contributed by atoms with Gasteiger partial charge in [0.25, 0.3) is 0 Å². The second-order valence-corrected chi connectivity index (χ2v) is 4.28. The quantitative estimate of drug-likeness (QED) is 0.787. The average Bonchev–Trinajstić information content (AvgIpc) is 2.38. The van der Waals surface area contributed by atoms with Crippen molar-refractivity contribution in [2.24, 2.45) is 0 Å². The van der Waals surface area contributed by atoms with Gasteiger partial charge in [0, 0.05) is 0 Å². The monoisotopic (exact) mass is 265 g/mol. The van der Waals surface area contributed by atoms with Gasteiger partial charge in [0.1, 0.15) is 11.8 Å². The van der Waals surface area contributed by atoms with Gasteiger partial charge < -0.3 is 15.2 Å². The second-order valence-electron chi connectivity index (χ2n) is 4.28. The van der Waals surface area contributed by atoms with E-state index >= 15 is 0 Å². The van der Waals surface area contributed by atoms with Crippen LogP contribution in [0, 0.1) is 6.92 Å². The summed E-state index contributed by atoms with van der Waals surface area (Å²) in [5.41, 5.74) is 1.14. The van der Waals surface area contributed by atoms with Crippen molar-refractivity contribution >= 4 is 11.9 Å². The van der Waals surface area contributed by atoms with Crippen LogP contribution in [0.2, 0.25) is 0 Å². The van der Waals surface area contributed by atoms with E-state index in [4.69, 9.17) is 9.84 Å². The third kappa shape index (κ3) is 5.42. The minimum Gasteiger partial charge on any atom is -0.493 e. The van der Waals surface area contributed by atoms with E-state index in [1.807, 2.05) is 31.2 Å². The van der Waals surface area contributed by atoms with E-state index in [9.17, 15) is 9.59 Å². The van der Waals surface area contributed by atoms with E-state index in [-0.39, 0.29) is 18.9 Å². The van der Waals surface area contributed by atoms with Crippen molar-refractivity contribution < 1.29 is 19.4 Å². The van der Waals surface area contributed by atoms with Crippen molar-refractivity contribution in [2.45, 2.75) is 32.7 Å². The molecule has 1 aromatic rings. The summed E-state index contributed by atoms with van der Waals surface area (Å²) in [6.07, 6.45) is 0.498. The molecule has 0 heterocycles. The second kappa shape index (κ2) is 7.41. The average molecular weight is 265 g/mol. The number of carbonyl (C=O) groups excluding carboxylic acids is 1. The molecule has 5 heteroatoms. The number of rotatable bonds is 7. The predicted octanol–water partition coefficient (Wildman–Crippen LogP) is 1.74. The molecule has 0 unspecified atom stereocenters. The van der Waals surface area contributed by atoms with Crippen LogP contribution in [0.1, 0.15) is 25.3 Å². The fourth-order valence-corrected chi connectivity index (χ4v) is 1.50. The summed E-state index contributed by atoms with van der Waals surface area (Å²) in [7, 11) is 0. The maximum Gasteiger partial charge on any atom is 0.326 e. The topological polar surface area (TPSA) is 75.6 Å². The highest BCUT2D eigenvalue weighted by atomic mass is 16.5. The van der Waals surface area contributed by atoms with Gasteiger partial charge in [0.2, 0.25) is 5.91 Å². The summed E-state index contributed by atoms with van der Waals surface area (Å²) in [6.45, 7) is 3.92. The number of amides is 1. The number of carboxylic acid groups (broad SMARTS) is 1. The number of carboxylic acids is 1. The molecule has 0 fully saturated rings. The fraction of sp³-hybridized carbons (Fsp3) is 0.429. The third-order valence-electron chi connectivity index (χ3n) is 2.66. The van der Waals surface area contributed by atoms with Crippen molar-refractivity contribution in [3.05, 3.63) is 29.8 Å². The van der Waals surface area contributed by atoms with E-state index in [1.165, 1.54) is 0 Å². The van der Waals surface area contributed by atoms with E-state index in [2.05, 4.69) is 5.32 Å². The number of aryl methyl sites for hydroxylation is 1. The Balaban J connectivity index is 2.30. The largest absolute Gasteiger partial charge is 0.493 e. The Bertz CT molecular complexity index is 428. The highest BCUT2D eigenvalue weighted by Crippen LogP contribution is 2.11. The Morgan fingerprint density at radius 3 is 2.47 bits per heavy atom. The maximum atomic E-state index is 11.5. The molecule has 0 aliphatic carbocycles. The first-order valence-corrected chi connectivity index (χ1v) is 6.24. The van der Waals surface area contributed by atoms with Gasteiger partial charge in [-0.25, -0.2) is 4.79 Å². The molecule has 0 saturated heterocycles. The SMILES string of the molecule is CC[C@@H](NC(=O)CCOc1ccc(C)cc1)C(=O)O. The molecule has 2 N–H and O–H groups in total. The van der Waals surface area contributed by atoms with Crippen molar-refractivity contribution in [2.75, 3.05) is 6.61 Å². The Kier molecular flexibility index (Phi) is 5.85. The van der Waals surface area contributed by atoms with Gasteiger partial charge in [-0.1, -0.05) is 24.6 Å². The Hall–Kier alpha value is -2.04. The van der Waals surface area contributed by atoms with Crippen molar-refractivity contribution in [3.8, 4) is 5.75 Å². The van der Waals surface area contributed by atoms with Crippen LogP contribution in [-0.4, -0.2) is 29.6 Å². The summed E-state index contributed by atoms with van der Waals surface area (Å²) in [5, 5.41) is 11.2. The first kappa shape index (κ1) is 15.0. The third-order valence-corrected chi connectivity index (χ3v) is 2.66. The first-order chi connectivity index (χ1) is 9.02. The molecule has 0 radical (unpaired) electrons. The lowest BCUT2D eigenvalue weighted by Gasteiger charge is -2.12. The van der Waals surface area contributed by atoms with Gasteiger partial charge in [-0.3, -0.25) is 4.79 Å². The highest BCUT2D eigenvalue weighted by molar-refractivity contribution is 5.83. The lowest BCUT2D eigenvalue weighted by atomic mass is 10.2. The zero-order valence-corrected chi connectivity index (χ0v) is 11.2. The highest BCUT2D eigenvalue weighted by Gasteiger charge is 2.17. The first-order valence-electron chi connectivity index (χ1n) is 6.24. The summed E-state index contributed by atoms with van der Waals surface area (Å²) in [4.78, 5) is 22.3. The fourth-order valence-electron chi connectivity index (χ4n) is 1.50. The molecule has 1 amide bonds. The van der Waals surface area contributed by atoms with Gasteiger partial charge >= 0.3 is 5.97 Å². The standard InChI is InChI=1S/C14H19NO4/c1-3-12(14(17)18)15-13(16)8-9-19-11-6-4-10(2)5-7-11/h4-7,12H,3,8-9H2,1-2H3,(H,15,16)(H,17,18)/t12-/m1/s1. The van der Waals surface area contributed by atoms with Crippen LogP contribution in [-0.2, 0) is 9.59 Å². The van der Waals surface area contributed by atoms with E-state index in [0.717, 1.165) is 5.56 Å². The van der Waals surface area contributed by atoms with Gasteiger partial charge in [0.15, 0.2) is 0 Å². The minimum absolute atomic E-state index is 0.137. The minimum atomic E-state index is -1.02. The Morgan fingerprint density at radius 2 is 1.95 bits per heavy atom. The summed E-state index contributed by atoms with van der Waals surface area (Å²) in [6, 6.07) is 6.69. The van der Waals surface area contributed by atoms with Crippen LogP contribution in [0.3, 0.4) is 0 Å². The lowest BCUT2D eigenvalue weighted by Crippen LogP contribution is -2.40. The number of ether oxygens (including phenoxy) is 1. The molecule has 5 nitrogen and oxygen atoms in total. The van der Waals surface area contributed by atoms with Crippen molar-refractivity contribution in [1.29, 1.82) is 0 Å². The predicted molar refractivity (Wildman–Crippen MR) is 71.1 cm³/mol. The van der Waals surface area contributed by atoms with Gasteiger partial charge in [-0.2, -0.15) is 0 Å². The Labute approximate surface area is 112 Å². The van der Waals surface area contributed by atoms with E-state index < -0.39 is 12.0 Å². The molecule has 1 atom stereocenters. The molecular formula is C14H19NO4. The molecule has 19 heavy (non-hydrogen) atoms. The molecule has 0 aliphatic heterocycles. The van der Waals surface area contributed by atoms with Gasteiger partial charge in [-0.05, 0) is 25.5 Å². The van der Waals surface area contributed by atoms with E-state index in [0.29, 0.717) is 12.2 Å². The molecule has 0 aliphatic rings. The van der Waals surface area contributed by atoms with Crippen LogP contribution in [0.15, 0.2) is 24.3 Å². The number of aliphatic carboxylic acids is 1. The zero-order chi connectivity index (χ0) is 14.3. The van der Waals surface area contributed by atoms with E-state index in [1.54, 1.807) is 6.92 Å². The van der Waals surface area contributed by atoms with Gasteiger partial charge in [-0.15, -0.1) is 0 Å². The van der Waals surface area contributed by atoms with Crippen LogP contribution in [0.5, 0.6) is 5.75 Å². The molecule has 0 aromatic heterocycles. The molecule has 0 saturated carbocycles. The van der Waals surface area contributed by atoms with Crippen LogP contribution in [0.4, 0.5) is 0 Å².